The number of hydrogen-bond donors (Lipinski definition) is 0. The van der Waals surface area contributed by atoms with Gasteiger partial charge in [0.25, 0.3) is 0 Å². The van der Waals surface area contributed by atoms with E-state index in [0.717, 1.165) is 25.4 Å². The van der Waals surface area contributed by atoms with Crippen molar-refractivity contribution in [2.75, 3.05) is 24.6 Å². The average molecular weight is 295 g/mol. The molecule has 2 aromatic carbocycles. The van der Waals surface area contributed by atoms with Gasteiger partial charge in [0.2, 0.25) is 0 Å². The van der Waals surface area contributed by atoms with Gasteiger partial charge in [-0.1, -0.05) is 24.3 Å². The van der Waals surface area contributed by atoms with Crippen molar-refractivity contribution in [2.45, 2.75) is 32.6 Å². The number of likely N-dealkylation sites (N-methyl/N-ethyl adjacent to an activating group) is 1. The van der Waals surface area contributed by atoms with Crippen molar-refractivity contribution < 1.29 is 4.74 Å². The lowest BCUT2D eigenvalue weighted by molar-refractivity contribution is 0.323. The first-order chi connectivity index (χ1) is 10.9. The molecule has 0 atom stereocenters. The van der Waals surface area contributed by atoms with E-state index in [9.17, 15) is 0 Å². The summed E-state index contributed by atoms with van der Waals surface area (Å²) in [7, 11) is 0. The molecular formula is C20H25NO. The Morgan fingerprint density at radius 2 is 1.73 bits per heavy atom. The summed E-state index contributed by atoms with van der Waals surface area (Å²) < 4.78 is 5.98. The van der Waals surface area contributed by atoms with Crippen molar-refractivity contribution in [2.24, 2.45) is 0 Å². The van der Waals surface area contributed by atoms with Crippen LogP contribution in [0.5, 0.6) is 5.75 Å². The molecular weight excluding hydrogens is 270 g/mol. The van der Waals surface area contributed by atoms with Crippen LogP contribution in [0, 0.1) is 0 Å². The second-order valence-corrected chi connectivity index (χ2v) is 5.90. The number of para-hydroxylation sites is 1. The fraction of sp³-hybridized carbons (Fsp3) is 0.400. The van der Waals surface area contributed by atoms with Crippen LogP contribution in [0.3, 0.4) is 0 Å². The number of aryl methyl sites for hydroxylation is 2. The van der Waals surface area contributed by atoms with Gasteiger partial charge >= 0.3 is 0 Å². The zero-order valence-electron chi connectivity index (χ0n) is 13.4. The molecule has 0 unspecified atom stereocenters. The van der Waals surface area contributed by atoms with Crippen LogP contribution in [0.4, 0.5) is 5.69 Å². The van der Waals surface area contributed by atoms with Crippen molar-refractivity contribution in [3.05, 3.63) is 59.7 Å². The predicted molar refractivity (Wildman–Crippen MR) is 92.9 cm³/mol. The third-order valence-corrected chi connectivity index (χ3v) is 4.45. The molecule has 0 saturated carbocycles. The van der Waals surface area contributed by atoms with E-state index in [-0.39, 0.29) is 0 Å². The molecule has 2 nitrogen and oxygen atoms in total. The second-order valence-electron chi connectivity index (χ2n) is 5.90. The van der Waals surface area contributed by atoms with E-state index in [2.05, 4.69) is 60.4 Å². The van der Waals surface area contributed by atoms with Gasteiger partial charge in [0.05, 0.1) is 6.54 Å². The predicted octanol–water partition coefficient (Wildman–Crippen LogP) is 4.47. The topological polar surface area (TPSA) is 12.5 Å². The maximum atomic E-state index is 5.98. The van der Waals surface area contributed by atoms with Gasteiger partial charge < -0.3 is 9.64 Å². The Bertz CT molecular complexity index is 594. The summed E-state index contributed by atoms with van der Waals surface area (Å²) in [4.78, 5) is 2.35. The lowest BCUT2D eigenvalue weighted by atomic mass is 9.92. The summed E-state index contributed by atoms with van der Waals surface area (Å²) >= 11 is 0. The first kappa shape index (κ1) is 15.0. The van der Waals surface area contributed by atoms with E-state index in [1.807, 2.05) is 0 Å². The lowest BCUT2D eigenvalue weighted by Crippen LogP contribution is -2.27. The van der Waals surface area contributed by atoms with Crippen molar-refractivity contribution >= 4 is 5.69 Å². The zero-order chi connectivity index (χ0) is 15.2. The fourth-order valence-electron chi connectivity index (χ4n) is 3.18. The molecule has 1 aliphatic rings. The van der Waals surface area contributed by atoms with Gasteiger partial charge in [-0.05, 0) is 68.0 Å². The van der Waals surface area contributed by atoms with E-state index in [1.165, 1.54) is 42.5 Å². The molecule has 0 N–H and O–H groups in total. The SMILES string of the molecule is CCN(CCOc1ccc2c(c1)CCCC2)c1ccccc1. The van der Waals surface area contributed by atoms with Crippen LogP contribution < -0.4 is 9.64 Å². The normalized spacial score (nSPS) is 13.5. The summed E-state index contributed by atoms with van der Waals surface area (Å²) in [6, 6.07) is 17.2. The number of rotatable bonds is 6. The molecule has 0 fully saturated rings. The number of nitrogens with zero attached hydrogens (tertiary/aromatic N) is 1. The Balaban J connectivity index is 1.56. The molecule has 22 heavy (non-hydrogen) atoms. The highest BCUT2D eigenvalue weighted by Crippen LogP contribution is 2.25. The number of hydrogen-bond acceptors (Lipinski definition) is 2. The number of benzene rings is 2. The fourth-order valence-corrected chi connectivity index (χ4v) is 3.18. The van der Waals surface area contributed by atoms with Crippen molar-refractivity contribution in [3.63, 3.8) is 0 Å². The second kappa shape index (κ2) is 7.35. The smallest absolute Gasteiger partial charge is 0.119 e. The molecule has 1 aliphatic carbocycles. The molecule has 0 aliphatic heterocycles. The standard InChI is InChI=1S/C20H25NO/c1-2-21(19-10-4-3-5-11-19)14-15-22-20-13-12-17-8-6-7-9-18(17)16-20/h3-5,10-13,16H,2,6-9,14-15H2,1H3. The summed E-state index contributed by atoms with van der Waals surface area (Å²) in [6.07, 6.45) is 5.08. The molecule has 0 amide bonds. The van der Waals surface area contributed by atoms with Gasteiger partial charge in [0.15, 0.2) is 0 Å². The van der Waals surface area contributed by atoms with Crippen molar-refractivity contribution in [1.82, 2.24) is 0 Å². The molecule has 0 radical (unpaired) electrons. The van der Waals surface area contributed by atoms with Crippen LogP contribution >= 0.6 is 0 Å². The first-order valence-corrected chi connectivity index (χ1v) is 8.41. The molecule has 0 bridgehead atoms. The molecule has 3 rings (SSSR count). The quantitative estimate of drug-likeness (QED) is 0.779. The first-order valence-electron chi connectivity index (χ1n) is 8.41. The van der Waals surface area contributed by atoms with Crippen LogP contribution in [0.2, 0.25) is 0 Å². The average Bonchev–Trinajstić information content (AvgIpc) is 2.59. The van der Waals surface area contributed by atoms with Gasteiger partial charge in [0.1, 0.15) is 12.4 Å². The highest BCUT2D eigenvalue weighted by molar-refractivity contribution is 5.45. The van der Waals surface area contributed by atoms with Crippen LogP contribution in [0.1, 0.15) is 30.9 Å². The third kappa shape index (κ3) is 3.62. The summed E-state index contributed by atoms with van der Waals surface area (Å²) in [5.74, 6) is 1.02. The van der Waals surface area contributed by atoms with Crippen LogP contribution in [0.15, 0.2) is 48.5 Å². The van der Waals surface area contributed by atoms with Crippen molar-refractivity contribution in [1.29, 1.82) is 0 Å². The van der Waals surface area contributed by atoms with Crippen LogP contribution in [-0.4, -0.2) is 19.7 Å². The molecule has 0 heterocycles. The van der Waals surface area contributed by atoms with Gasteiger partial charge in [-0.2, -0.15) is 0 Å². The summed E-state index contributed by atoms with van der Waals surface area (Å²) in [6.45, 7) is 4.82. The molecule has 0 spiro atoms. The van der Waals surface area contributed by atoms with Gasteiger partial charge in [0, 0.05) is 12.2 Å². The zero-order valence-corrected chi connectivity index (χ0v) is 13.4. The Hall–Kier alpha value is -1.96. The molecule has 0 aromatic heterocycles. The maximum Gasteiger partial charge on any atom is 0.119 e. The monoisotopic (exact) mass is 295 g/mol. The van der Waals surface area contributed by atoms with Gasteiger partial charge in [-0.15, -0.1) is 0 Å². The maximum absolute atomic E-state index is 5.98. The van der Waals surface area contributed by atoms with Crippen molar-refractivity contribution in [3.8, 4) is 5.75 Å². The van der Waals surface area contributed by atoms with E-state index < -0.39 is 0 Å². The number of ether oxygens (including phenoxy) is 1. The Kier molecular flexibility index (Phi) is 4.99. The third-order valence-electron chi connectivity index (χ3n) is 4.45. The van der Waals surface area contributed by atoms with E-state index in [1.54, 1.807) is 0 Å². The molecule has 116 valence electrons. The number of fused-ring (bicyclic) bond motifs is 1. The Morgan fingerprint density at radius 1 is 0.955 bits per heavy atom. The van der Waals surface area contributed by atoms with E-state index >= 15 is 0 Å². The minimum absolute atomic E-state index is 0.724. The minimum Gasteiger partial charge on any atom is -0.492 e. The Labute approximate surface area is 133 Å². The lowest BCUT2D eigenvalue weighted by Gasteiger charge is -2.23. The summed E-state index contributed by atoms with van der Waals surface area (Å²) in [5, 5.41) is 0. The molecule has 2 heteroatoms. The minimum atomic E-state index is 0.724. The van der Waals surface area contributed by atoms with Crippen LogP contribution in [-0.2, 0) is 12.8 Å². The van der Waals surface area contributed by atoms with E-state index in [4.69, 9.17) is 4.74 Å². The Morgan fingerprint density at radius 3 is 2.50 bits per heavy atom. The highest BCUT2D eigenvalue weighted by atomic mass is 16.5. The van der Waals surface area contributed by atoms with Gasteiger partial charge in [-0.3, -0.25) is 0 Å². The van der Waals surface area contributed by atoms with Gasteiger partial charge in [-0.25, -0.2) is 0 Å². The van der Waals surface area contributed by atoms with E-state index in [0.29, 0.717) is 0 Å². The molecule has 2 aromatic rings. The summed E-state index contributed by atoms with van der Waals surface area (Å²) in [5.41, 5.74) is 4.26. The largest absolute Gasteiger partial charge is 0.492 e. The molecule has 0 saturated heterocycles. The van der Waals surface area contributed by atoms with Crippen LogP contribution in [0.25, 0.3) is 0 Å². The number of anilines is 1. The highest BCUT2D eigenvalue weighted by Gasteiger charge is 2.10.